The van der Waals surface area contributed by atoms with Crippen LogP contribution in [-0.2, 0) is 4.74 Å². The van der Waals surface area contributed by atoms with Crippen LogP contribution in [0.15, 0.2) is 42.5 Å². The molecule has 0 bridgehead atoms. The van der Waals surface area contributed by atoms with E-state index in [1.807, 2.05) is 71.1 Å². The zero-order valence-corrected chi connectivity index (χ0v) is 20.0. The molecule has 1 N–H and O–H groups in total. The maximum Gasteiger partial charge on any atom is 0.410 e. The van der Waals surface area contributed by atoms with Gasteiger partial charge in [-0.1, -0.05) is 30.3 Å². The summed E-state index contributed by atoms with van der Waals surface area (Å²) in [6, 6.07) is 13.6. The molecule has 1 aliphatic rings. The highest BCUT2D eigenvalue weighted by molar-refractivity contribution is 6.01. The Morgan fingerprint density at radius 2 is 1.88 bits per heavy atom. The second-order valence-electron chi connectivity index (χ2n) is 9.77. The molecule has 0 spiro atoms. The van der Waals surface area contributed by atoms with E-state index in [2.05, 4.69) is 15.1 Å². The number of aryl methyl sites for hydroxylation is 1. The van der Waals surface area contributed by atoms with Gasteiger partial charge in [-0.25, -0.2) is 4.79 Å². The molecule has 1 aliphatic heterocycles. The molecule has 0 radical (unpaired) electrons. The summed E-state index contributed by atoms with van der Waals surface area (Å²) in [6.45, 7) is 8.85. The maximum atomic E-state index is 12.6. The summed E-state index contributed by atoms with van der Waals surface area (Å²) < 4.78 is 5.58. The van der Waals surface area contributed by atoms with E-state index in [0.717, 1.165) is 35.0 Å². The minimum atomic E-state index is -0.519. The summed E-state index contributed by atoms with van der Waals surface area (Å²) in [4.78, 5) is 16.5. The standard InChI is InChI=1S/C26H32N4O3/c1-17-12-13-21(22(31)15-17)23-19-10-6-7-11-20(19)24(28-27-23)29(5)18-9-8-14-30(16-18)25(32)33-26(2,3)4/h6-7,10-13,15,18,31H,8-9,14,16H2,1-5H3/t18-/m1/s1. The van der Waals surface area contributed by atoms with E-state index < -0.39 is 5.60 Å². The van der Waals surface area contributed by atoms with Crippen LogP contribution in [0.4, 0.5) is 10.6 Å². The highest BCUT2D eigenvalue weighted by Gasteiger charge is 2.30. The number of hydrogen-bond acceptors (Lipinski definition) is 6. The second-order valence-corrected chi connectivity index (χ2v) is 9.77. The quantitative estimate of drug-likeness (QED) is 0.597. The van der Waals surface area contributed by atoms with Crippen molar-refractivity contribution < 1.29 is 14.6 Å². The van der Waals surface area contributed by atoms with Gasteiger partial charge in [0, 0.05) is 42.5 Å². The first-order valence-electron chi connectivity index (χ1n) is 11.4. The minimum absolute atomic E-state index is 0.0996. The summed E-state index contributed by atoms with van der Waals surface area (Å²) in [5.74, 6) is 0.952. The Morgan fingerprint density at radius 1 is 1.15 bits per heavy atom. The Hall–Kier alpha value is -3.35. The van der Waals surface area contributed by atoms with Gasteiger partial charge in [-0.15, -0.1) is 10.2 Å². The number of phenols is 1. The molecule has 174 valence electrons. The third kappa shape index (κ3) is 4.87. The van der Waals surface area contributed by atoms with E-state index >= 15 is 0 Å². The number of ether oxygens (including phenoxy) is 1. The zero-order valence-electron chi connectivity index (χ0n) is 20.0. The number of aromatic hydroxyl groups is 1. The van der Waals surface area contributed by atoms with E-state index in [1.54, 1.807) is 11.0 Å². The fourth-order valence-electron chi connectivity index (χ4n) is 4.33. The van der Waals surface area contributed by atoms with E-state index in [-0.39, 0.29) is 17.9 Å². The molecule has 0 aliphatic carbocycles. The van der Waals surface area contributed by atoms with Crippen LogP contribution in [0.25, 0.3) is 22.0 Å². The van der Waals surface area contributed by atoms with Crippen LogP contribution in [0, 0.1) is 6.92 Å². The summed E-state index contributed by atoms with van der Waals surface area (Å²) in [6.07, 6.45) is 1.57. The van der Waals surface area contributed by atoms with Crippen LogP contribution < -0.4 is 4.90 Å². The van der Waals surface area contributed by atoms with E-state index in [4.69, 9.17) is 4.74 Å². The molecule has 0 unspecified atom stereocenters. The van der Waals surface area contributed by atoms with Crippen LogP contribution >= 0.6 is 0 Å². The summed E-state index contributed by atoms with van der Waals surface area (Å²) in [5.41, 5.74) is 1.78. The molecule has 1 saturated heterocycles. The van der Waals surface area contributed by atoms with Gasteiger partial charge in [0.2, 0.25) is 0 Å². The van der Waals surface area contributed by atoms with E-state index in [0.29, 0.717) is 24.3 Å². The molecular weight excluding hydrogens is 416 g/mol. The number of nitrogens with zero attached hydrogens (tertiary/aromatic N) is 4. The number of carbonyl (C=O) groups excluding carboxylic acids is 1. The van der Waals surface area contributed by atoms with Crippen molar-refractivity contribution >= 4 is 22.7 Å². The Bertz CT molecular complexity index is 1170. The van der Waals surface area contributed by atoms with Crippen LogP contribution in [0.1, 0.15) is 39.2 Å². The number of likely N-dealkylation sites (tertiary alicyclic amines) is 1. The number of piperidine rings is 1. The average Bonchev–Trinajstić information content (AvgIpc) is 2.77. The second kappa shape index (κ2) is 8.89. The number of carbonyl (C=O) groups is 1. The SMILES string of the molecule is Cc1ccc(-c2nnc(N(C)[C@@H]3CCCN(C(=O)OC(C)(C)C)C3)c3ccccc23)c(O)c1. The summed E-state index contributed by atoms with van der Waals surface area (Å²) >= 11 is 0. The Kier molecular flexibility index (Phi) is 6.15. The van der Waals surface area contributed by atoms with Gasteiger partial charge in [-0.2, -0.15) is 0 Å². The van der Waals surface area contributed by atoms with Gasteiger partial charge in [0.1, 0.15) is 17.0 Å². The van der Waals surface area contributed by atoms with Crippen molar-refractivity contribution in [3.8, 4) is 17.0 Å². The lowest BCUT2D eigenvalue weighted by Gasteiger charge is -2.38. The van der Waals surface area contributed by atoms with Gasteiger partial charge < -0.3 is 19.6 Å². The Balaban J connectivity index is 1.65. The number of fused-ring (bicyclic) bond motifs is 1. The number of aromatic nitrogens is 2. The molecule has 3 aromatic rings. The first-order valence-corrected chi connectivity index (χ1v) is 11.4. The van der Waals surface area contributed by atoms with Crippen molar-refractivity contribution in [2.45, 2.75) is 52.2 Å². The zero-order chi connectivity index (χ0) is 23.8. The van der Waals surface area contributed by atoms with Crippen molar-refractivity contribution in [1.29, 1.82) is 0 Å². The number of anilines is 1. The third-order valence-corrected chi connectivity index (χ3v) is 6.01. The van der Waals surface area contributed by atoms with Crippen molar-refractivity contribution in [1.82, 2.24) is 15.1 Å². The normalized spacial score (nSPS) is 16.6. The van der Waals surface area contributed by atoms with Gasteiger partial charge in [0.15, 0.2) is 5.82 Å². The molecule has 7 nitrogen and oxygen atoms in total. The first-order chi connectivity index (χ1) is 15.6. The fraction of sp³-hybridized carbons (Fsp3) is 0.423. The van der Waals surface area contributed by atoms with Crippen LogP contribution in [-0.4, -0.2) is 58.1 Å². The number of phenolic OH excluding ortho intramolecular Hbond substituents is 1. The number of hydrogen-bond donors (Lipinski definition) is 1. The molecule has 7 heteroatoms. The van der Waals surface area contributed by atoms with Crippen molar-refractivity contribution in [3.05, 3.63) is 48.0 Å². The fourth-order valence-corrected chi connectivity index (χ4v) is 4.33. The number of likely N-dealkylation sites (N-methyl/N-ethyl adjacent to an activating group) is 1. The van der Waals surface area contributed by atoms with Gasteiger partial charge >= 0.3 is 6.09 Å². The molecule has 2 heterocycles. The molecule has 2 aromatic carbocycles. The van der Waals surface area contributed by atoms with Gasteiger partial charge in [0.05, 0.1) is 0 Å². The van der Waals surface area contributed by atoms with Gasteiger partial charge in [0.25, 0.3) is 0 Å². The smallest absolute Gasteiger partial charge is 0.410 e. The predicted octanol–water partition coefficient (Wildman–Crippen LogP) is 5.15. The van der Waals surface area contributed by atoms with Gasteiger partial charge in [-0.3, -0.25) is 0 Å². The minimum Gasteiger partial charge on any atom is -0.507 e. The Morgan fingerprint density at radius 3 is 2.58 bits per heavy atom. The topological polar surface area (TPSA) is 78.8 Å². The highest BCUT2D eigenvalue weighted by Crippen LogP contribution is 2.36. The summed E-state index contributed by atoms with van der Waals surface area (Å²) in [5, 5.41) is 21.5. The van der Waals surface area contributed by atoms with Crippen LogP contribution in [0.2, 0.25) is 0 Å². The van der Waals surface area contributed by atoms with Crippen molar-refractivity contribution in [2.24, 2.45) is 0 Å². The monoisotopic (exact) mass is 448 g/mol. The van der Waals surface area contributed by atoms with E-state index in [1.165, 1.54) is 0 Å². The largest absolute Gasteiger partial charge is 0.507 e. The predicted molar refractivity (Wildman–Crippen MR) is 131 cm³/mol. The van der Waals surface area contributed by atoms with Crippen LogP contribution in [0.5, 0.6) is 5.75 Å². The molecule has 33 heavy (non-hydrogen) atoms. The molecule has 4 rings (SSSR count). The lowest BCUT2D eigenvalue weighted by molar-refractivity contribution is 0.0199. The van der Waals surface area contributed by atoms with Crippen molar-refractivity contribution in [3.63, 3.8) is 0 Å². The van der Waals surface area contributed by atoms with E-state index in [9.17, 15) is 9.90 Å². The number of rotatable bonds is 3. The molecule has 1 amide bonds. The molecular formula is C26H32N4O3. The van der Waals surface area contributed by atoms with Crippen LogP contribution in [0.3, 0.4) is 0 Å². The van der Waals surface area contributed by atoms with Gasteiger partial charge in [-0.05, 0) is 58.2 Å². The first kappa shape index (κ1) is 22.8. The van der Waals surface area contributed by atoms with Crippen molar-refractivity contribution in [2.75, 3.05) is 25.0 Å². The lowest BCUT2D eigenvalue weighted by Crippen LogP contribution is -2.50. The molecule has 0 saturated carbocycles. The number of amides is 1. The highest BCUT2D eigenvalue weighted by atomic mass is 16.6. The molecule has 1 aromatic heterocycles. The maximum absolute atomic E-state index is 12.6. The molecule has 1 fully saturated rings. The lowest BCUT2D eigenvalue weighted by atomic mass is 10.0. The third-order valence-electron chi connectivity index (χ3n) is 6.01. The summed E-state index contributed by atoms with van der Waals surface area (Å²) in [7, 11) is 2.00. The average molecular weight is 449 g/mol. The molecule has 1 atom stereocenters. The number of benzene rings is 2. The Labute approximate surface area is 195 Å².